The summed E-state index contributed by atoms with van der Waals surface area (Å²) in [5.41, 5.74) is 15.2. The Labute approximate surface area is 262 Å². The first kappa shape index (κ1) is 33.3. The van der Waals surface area contributed by atoms with Crippen molar-refractivity contribution in [3.05, 3.63) is 81.1 Å². The third-order valence-corrected chi connectivity index (χ3v) is 7.77. The zero-order chi connectivity index (χ0) is 31.6. The van der Waals surface area contributed by atoms with Crippen LogP contribution in [0, 0.1) is 5.82 Å². The molecule has 44 heavy (non-hydrogen) atoms. The number of fused-ring (bicyclic) bond motifs is 1. The molecule has 0 amide bonds. The summed E-state index contributed by atoms with van der Waals surface area (Å²) < 4.78 is 21.6. The van der Waals surface area contributed by atoms with Crippen LogP contribution in [0.2, 0.25) is 5.02 Å². The van der Waals surface area contributed by atoms with Crippen LogP contribution in [0.15, 0.2) is 58.4 Å². The zero-order valence-corrected chi connectivity index (χ0v) is 26.5. The number of rotatable bonds is 16. The zero-order valence-electron chi connectivity index (χ0n) is 25.7. The van der Waals surface area contributed by atoms with Gasteiger partial charge in [-0.25, -0.2) is 9.18 Å². The Morgan fingerprint density at radius 2 is 1.98 bits per heavy atom. The summed E-state index contributed by atoms with van der Waals surface area (Å²) in [6.07, 6.45) is 7.06. The third kappa shape index (κ3) is 8.75. The fraction of sp³-hybridized carbons (Fsp3) is 0.424. The van der Waals surface area contributed by atoms with Crippen molar-refractivity contribution in [2.45, 2.75) is 64.5 Å². The molecule has 0 spiro atoms. The number of aryl methyl sites for hydroxylation is 1. The van der Waals surface area contributed by atoms with E-state index >= 15 is 4.39 Å². The number of nitrogens with zero attached hydrogens (tertiary/aromatic N) is 3. The molecule has 0 aliphatic rings. The molecule has 6 N–H and O–H groups in total. The average molecular weight is 624 g/mol. The Morgan fingerprint density at radius 1 is 1.20 bits per heavy atom. The van der Waals surface area contributed by atoms with Crippen LogP contribution < -0.4 is 22.5 Å². The van der Waals surface area contributed by atoms with E-state index < -0.39 is 11.5 Å². The smallest absolute Gasteiger partial charge is 0.354 e. The second kappa shape index (κ2) is 15.9. The highest BCUT2D eigenvalue weighted by molar-refractivity contribution is 6.31. The van der Waals surface area contributed by atoms with Crippen molar-refractivity contribution in [3.63, 3.8) is 0 Å². The van der Waals surface area contributed by atoms with Gasteiger partial charge in [-0.1, -0.05) is 37.1 Å². The second-order valence-corrected chi connectivity index (χ2v) is 11.6. The number of halogens is 2. The van der Waals surface area contributed by atoms with Crippen LogP contribution in [0.25, 0.3) is 28.0 Å². The van der Waals surface area contributed by atoms with Gasteiger partial charge in [-0.05, 0) is 87.0 Å². The Hall–Kier alpha value is -3.57. The highest BCUT2D eigenvalue weighted by Gasteiger charge is 2.16. The number of nitrogens with one attached hydrogen (secondary N) is 2. The maximum absolute atomic E-state index is 15.1. The number of nitrogens with two attached hydrogens (primary N) is 2. The summed E-state index contributed by atoms with van der Waals surface area (Å²) in [5.74, 6) is -0.0142. The molecular formula is C33H43ClFN7O2. The van der Waals surface area contributed by atoms with Gasteiger partial charge in [-0.2, -0.15) is 4.98 Å². The lowest BCUT2D eigenvalue weighted by Crippen LogP contribution is -2.24. The molecule has 4 rings (SSSR count). The SMILES string of the molecule is CCCC(NCCCN=C(N)COC)c1ccc(-n2cc3cc(-c4cc(CCCC(C)N)cc(Cl)c4F)[nH]c3nc2=O)cc1. The molecule has 0 radical (unpaired) electrons. The van der Waals surface area contributed by atoms with Crippen LogP contribution in [-0.4, -0.2) is 53.2 Å². The molecule has 9 nitrogen and oxygen atoms in total. The van der Waals surface area contributed by atoms with Gasteiger partial charge in [0.2, 0.25) is 0 Å². The van der Waals surface area contributed by atoms with Crippen molar-refractivity contribution in [2.24, 2.45) is 16.5 Å². The van der Waals surface area contributed by atoms with Gasteiger partial charge < -0.3 is 26.5 Å². The van der Waals surface area contributed by atoms with Gasteiger partial charge in [0, 0.05) is 42.9 Å². The van der Waals surface area contributed by atoms with E-state index in [0.717, 1.165) is 56.2 Å². The van der Waals surface area contributed by atoms with E-state index in [1.807, 2.05) is 31.2 Å². The van der Waals surface area contributed by atoms with Gasteiger partial charge in [0.25, 0.3) is 0 Å². The minimum absolute atomic E-state index is 0.0562. The lowest BCUT2D eigenvalue weighted by molar-refractivity contribution is 0.244. The first-order valence-corrected chi connectivity index (χ1v) is 15.6. The molecule has 236 valence electrons. The van der Waals surface area contributed by atoms with Crippen LogP contribution in [-0.2, 0) is 11.2 Å². The molecule has 0 aliphatic heterocycles. The van der Waals surface area contributed by atoms with Crippen molar-refractivity contribution < 1.29 is 9.13 Å². The predicted octanol–water partition coefficient (Wildman–Crippen LogP) is 5.67. The number of benzene rings is 2. The highest BCUT2D eigenvalue weighted by atomic mass is 35.5. The van der Waals surface area contributed by atoms with Gasteiger partial charge in [0.1, 0.15) is 18.1 Å². The first-order valence-electron chi connectivity index (χ1n) is 15.2. The lowest BCUT2D eigenvalue weighted by Gasteiger charge is -2.19. The Kier molecular flexibility index (Phi) is 12.1. The monoisotopic (exact) mass is 623 g/mol. The number of hydrogen-bond donors (Lipinski definition) is 4. The summed E-state index contributed by atoms with van der Waals surface area (Å²) >= 11 is 6.26. The van der Waals surface area contributed by atoms with E-state index in [4.69, 9.17) is 27.8 Å². The van der Waals surface area contributed by atoms with E-state index in [1.165, 1.54) is 4.57 Å². The number of amidine groups is 1. The van der Waals surface area contributed by atoms with Crippen molar-refractivity contribution in [1.29, 1.82) is 0 Å². The number of aromatic amines is 1. The molecule has 0 saturated carbocycles. The van der Waals surface area contributed by atoms with Crippen molar-refractivity contribution in [2.75, 3.05) is 26.8 Å². The second-order valence-electron chi connectivity index (χ2n) is 11.2. The Bertz CT molecular complexity index is 1620. The quantitative estimate of drug-likeness (QED) is 0.0721. The Balaban J connectivity index is 1.51. The molecule has 0 fully saturated rings. The van der Waals surface area contributed by atoms with E-state index in [2.05, 4.69) is 27.2 Å². The molecule has 0 aliphatic carbocycles. The molecule has 0 saturated heterocycles. The average Bonchev–Trinajstić information content (AvgIpc) is 3.40. The van der Waals surface area contributed by atoms with Crippen LogP contribution in [0.5, 0.6) is 0 Å². The normalized spacial score (nSPS) is 13.5. The topological polar surface area (TPSA) is 136 Å². The molecular weight excluding hydrogens is 581 g/mol. The van der Waals surface area contributed by atoms with Gasteiger partial charge in [-0.15, -0.1) is 0 Å². The summed E-state index contributed by atoms with van der Waals surface area (Å²) in [4.78, 5) is 24.7. The third-order valence-electron chi connectivity index (χ3n) is 7.49. The Morgan fingerprint density at radius 3 is 2.68 bits per heavy atom. The molecule has 2 aromatic heterocycles. The predicted molar refractivity (Wildman–Crippen MR) is 177 cm³/mol. The van der Waals surface area contributed by atoms with Crippen molar-refractivity contribution >= 4 is 28.5 Å². The molecule has 2 aromatic carbocycles. The maximum Gasteiger partial charge on any atom is 0.354 e. The first-order chi connectivity index (χ1) is 21.2. The largest absolute Gasteiger partial charge is 0.386 e. The van der Waals surface area contributed by atoms with Crippen molar-refractivity contribution in [1.82, 2.24) is 19.9 Å². The summed E-state index contributed by atoms with van der Waals surface area (Å²) in [5, 5.41) is 4.35. The van der Waals surface area contributed by atoms with Gasteiger partial charge >= 0.3 is 5.69 Å². The summed E-state index contributed by atoms with van der Waals surface area (Å²) in [6.45, 7) is 5.90. The minimum Gasteiger partial charge on any atom is -0.386 e. The number of methoxy groups -OCH3 is 1. The fourth-order valence-corrected chi connectivity index (χ4v) is 5.49. The van der Waals surface area contributed by atoms with Crippen LogP contribution in [0.1, 0.15) is 63.1 Å². The summed E-state index contributed by atoms with van der Waals surface area (Å²) in [6, 6.07) is 13.4. The van der Waals surface area contributed by atoms with Gasteiger partial charge in [0.05, 0.1) is 16.4 Å². The molecule has 2 heterocycles. The lowest BCUT2D eigenvalue weighted by atomic mass is 10.0. The van der Waals surface area contributed by atoms with E-state index in [9.17, 15) is 4.79 Å². The van der Waals surface area contributed by atoms with E-state index in [1.54, 1.807) is 31.5 Å². The molecule has 4 aromatic rings. The molecule has 0 bridgehead atoms. The fourth-order valence-electron chi connectivity index (χ4n) is 5.25. The van der Waals surface area contributed by atoms with Crippen molar-refractivity contribution in [3.8, 4) is 16.9 Å². The molecule has 2 unspecified atom stereocenters. The summed E-state index contributed by atoms with van der Waals surface area (Å²) in [7, 11) is 1.60. The standard InChI is InChI=1S/C33H43ClFN7O2/c1-4-7-28(38-14-6-15-39-30(37)20-44-3)23-10-12-25(13-11-23)42-19-24-18-29(40-32(24)41-33(42)43)26-16-22(9-5-8-21(2)36)17-27(34)31(26)35/h10-13,16-19,21,28,38H,4-9,14-15,20,36H2,1-3H3,(H2,37,39)(H,40,41,43). The van der Waals surface area contributed by atoms with Gasteiger partial charge in [-0.3, -0.25) is 9.56 Å². The van der Waals surface area contributed by atoms with E-state index in [0.29, 0.717) is 47.0 Å². The molecule has 2 atom stereocenters. The number of aromatic nitrogens is 3. The van der Waals surface area contributed by atoms with Crippen LogP contribution >= 0.6 is 11.6 Å². The van der Waals surface area contributed by atoms with Crippen LogP contribution in [0.3, 0.4) is 0 Å². The maximum atomic E-state index is 15.1. The number of ether oxygens (including phenoxy) is 1. The number of aliphatic imine (C=N–C) groups is 1. The van der Waals surface area contributed by atoms with Crippen LogP contribution in [0.4, 0.5) is 4.39 Å². The van der Waals surface area contributed by atoms with E-state index in [-0.39, 0.29) is 17.1 Å². The molecule has 11 heteroatoms. The number of hydrogen-bond acceptors (Lipinski definition) is 6. The number of H-pyrrole nitrogens is 1. The minimum atomic E-state index is -0.516. The van der Waals surface area contributed by atoms with Gasteiger partial charge in [0.15, 0.2) is 5.82 Å². The highest BCUT2D eigenvalue weighted by Crippen LogP contribution is 2.31.